The Bertz CT molecular complexity index is 349. The highest BCUT2D eigenvalue weighted by Gasteiger charge is 2.71. The van der Waals surface area contributed by atoms with Crippen LogP contribution >= 0.6 is 0 Å². The maximum absolute atomic E-state index is 11.6. The first-order valence-corrected chi connectivity index (χ1v) is 4.55. The number of carbonyl (C=O) groups is 4. The van der Waals surface area contributed by atoms with E-state index in [1.165, 1.54) is 0 Å². The van der Waals surface area contributed by atoms with Crippen molar-refractivity contribution >= 4 is 24.1 Å². The van der Waals surface area contributed by atoms with Gasteiger partial charge in [-0.15, -0.1) is 0 Å². The Kier molecular flexibility index (Phi) is 1.57. The first kappa shape index (κ1) is 9.24. The van der Waals surface area contributed by atoms with Crippen molar-refractivity contribution in [1.29, 1.82) is 0 Å². The van der Waals surface area contributed by atoms with E-state index in [9.17, 15) is 19.2 Å². The molecule has 0 aromatic rings. The summed E-state index contributed by atoms with van der Waals surface area (Å²) in [6.45, 7) is 1.54. The molecule has 0 aromatic heterocycles. The van der Waals surface area contributed by atoms with Gasteiger partial charge < -0.3 is 9.59 Å². The van der Waals surface area contributed by atoms with E-state index in [0.717, 1.165) is 0 Å². The van der Waals surface area contributed by atoms with E-state index in [0.29, 0.717) is 25.4 Å². The van der Waals surface area contributed by atoms with Crippen molar-refractivity contribution in [3.63, 3.8) is 0 Å². The molecular weight excluding hydrogens is 184 g/mol. The molecule has 74 valence electrons. The average Bonchev–Trinajstić information content (AvgIpc) is 2.56. The number of ketones is 2. The zero-order chi connectivity index (χ0) is 10.6. The second-order valence-electron chi connectivity index (χ2n) is 4.29. The summed E-state index contributed by atoms with van der Waals surface area (Å²) in [5.74, 6) is -1.79. The molecular formula is C10H10O4. The Morgan fingerprint density at radius 2 is 1.86 bits per heavy atom. The van der Waals surface area contributed by atoms with Crippen molar-refractivity contribution in [2.45, 2.75) is 19.8 Å². The lowest BCUT2D eigenvalue weighted by Crippen LogP contribution is -2.40. The van der Waals surface area contributed by atoms with Crippen LogP contribution in [0.4, 0.5) is 0 Å². The number of hydrogen-bond donors (Lipinski definition) is 0. The second kappa shape index (κ2) is 2.38. The van der Waals surface area contributed by atoms with Gasteiger partial charge >= 0.3 is 0 Å². The fourth-order valence-corrected chi connectivity index (χ4v) is 2.81. The van der Waals surface area contributed by atoms with Crippen LogP contribution in [0.15, 0.2) is 0 Å². The Balaban J connectivity index is 2.66. The van der Waals surface area contributed by atoms with Gasteiger partial charge in [0.15, 0.2) is 0 Å². The third kappa shape index (κ3) is 0.636. The first-order valence-electron chi connectivity index (χ1n) is 4.55. The number of fused-ring (bicyclic) bond motifs is 2. The topological polar surface area (TPSA) is 68.3 Å². The van der Waals surface area contributed by atoms with Crippen molar-refractivity contribution < 1.29 is 19.2 Å². The summed E-state index contributed by atoms with van der Waals surface area (Å²) in [7, 11) is 0. The largest absolute Gasteiger partial charge is 0.302 e. The van der Waals surface area contributed by atoms with Crippen molar-refractivity contribution in [3.05, 3.63) is 0 Å². The summed E-state index contributed by atoms with van der Waals surface area (Å²) in [6, 6.07) is 0. The zero-order valence-electron chi connectivity index (χ0n) is 7.78. The standard InChI is InChI=1S/C10H10O4/c1-9-3-2-6(7(13)8(9)14)10(9,4-11)5-12/h4-6H,2-3H2,1H3. The highest BCUT2D eigenvalue weighted by molar-refractivity contribution is 6.45. The lowest BCUT2D eigenvalue weighted by Gasteiger charge is -2.27. The SMILES string of the molecule is CC12CCC(C(=O)C1=O)C2(C=O)C=O. The molecule has 0 saturated heterocycles. The van der Waals surface area contributed by atoms with E-state index in [-0.39, 0.29) is 0 Å². The van der Waals surface area contributed by atoms with E-state index in [1.54, 1.807) is 6.92 Å². The van der Waals surface area contributed by atoms with E-state index in [1.807, 2.05) is 0 Å². The molecule has 0 aliphatic heterocycles. The second-order valence-corrected chi connectivity index (χ2v) is 4.29. The molecule has 2 saturated carbocycles. The third-order valence-electron chi connectivity index (χ3n) is 3.90. The van der Waals surface area contributed by atoms with Crippen LogP contribution in [0, 0.1) is 16.7 Å². The summed E-state index contributed by atoms with van der Waals surface area (Å²) in [4.78, 5) is 45.0. The van der Waals surface area contributed by atoms with Crippen LogP contribution in [-0.2, 0) is 19.2 Å². The third-order valence-corrected chi connectivity index (χ3v) is 3.90. The van der Waals surface area contributed by atoms with Gasteiger partial charge in [0.25, 0.3) is 0 Å². The lowest BCUT2D eigenvalue weighted by molar-refractivity contribution is -0.142. The molecule has 0 spiro atoms. The molecule has 2 bridgehead atoms. The molecule has 2 rings (SSSR count). The van der Waals surface area contributed by atoms with E-state index >= 15 is 0 Å². The molecule has 0 aromatic carbocycles. The smallest absolute Gasteiger partial charge is 0.206 e. The predicted octanol–water partition coefficient (Wildman–Crippen LogP) is -0.0613. The van der Waals surface area contributed by atoms with Gasteiger partial charge in [-0.05, 0) is 12.8 Å². The number of Topliss-reactive ketones (excluding diaryl/α,β-unsaturated/α-hetero) is 2. The van der Waals surface area contributed by atoms with Crippen LogP contribution in [0.1, 0.15) is 19.8 Å². The summed E-state index contributed by atoms with van der Waals surface area (Å²) in [6.07, 6.45) is 1.90. The maximum Gasteiger partial charge on any atom is 0.206 e. The zero-order valence-corrected chi connectivity index (χ0v) is 7.78. The van der Waals surface area contributed by atoms with Crippen molar-refractivity contribution in [2.24, 2.45) is 16.7 Å². The minimum Gasteiger partial charge on any atom is -0.302 e. The fraction of sp³-hybridized carbons (Fsp3) is 0.600. The normalized spacial score (nSPS) is 38.8. The van der Waals surface area contributed by atoms with Gasteiger partial charge in [0.2, 0.25) is 11.6 Å². The quantitative estimate of drug-likeness (QED) is 0.351. The Morgan fingerprint density at radius 3 is 2.14 bits per heavy atom. The molecule has 2 atom stereocenters. The first-order chi connectivity index (χ1) is 6.53. The van der Waals surface area contributed by atoms with Gasteiger partial charge in [0, 0.05) is 5.92 Å². The van der Waals surface area contributed by atoms with Crippen LogP contribution in [0.25, 0.3) is 0 Å². The molecule has 2 fully saturated rings. The highest BCUT2D eigenvalue weighted by Crippen LogP contribution is 2.60. The summed E-state index contributed by atoms with van der Waals surface area (Å²) in [5, 5.41) is 0. The molecule has 0 amide bonds. The van der Waals surface area contributed by atoms with Gasteiger partial charge in [0.05, 0.1) is 5.41 Å². The summed E-state index contributed by atoms with van der Waals surface area (Å²) < 4.78 is 0. The van der Waals surface area contributed by atoms with Gasteiger partial charge in [0.1, 0.15) is 18.0 Å². The molecule has 0 heterocycles. The van der Waals surface area contributed by atoms with E-state index < -0.39 is 28.3 Å². The lowest BCUT2D eigenvalue weighted by atomic mass is 9.69. The van der Waals surface area contributed by atoms with Crippen LogP contribution in [0.2, 0.25) is 0 Å². The van der Waals surface area contributed by atoms with Gasteiger partial charge in [-0.25, -0.2) is 0 Å². The van der Waals surface area contributed by atoms with Crippen LogP contribution < -0.4 is 0 Å². The molecule has 0 radical (unpaired) electrons. The number of aldehydes is 2. The number of hydrogen-bond acceptors (Lipinski definition) is 4. The molecule has 2 aliphatic rings. The summed E-state index contributed by atoms with van der Waals surface area (Å²) in [5.41, 5.74) is -2.45. The van der Waals surface area contributed by atoms with E-state index in [4.69, 9.17) is 0 Å². The fourth-order valence-electron chi connectivity index (χ4n) is 2.81. The predicted molar refractivity (Wildman–Crippen MR) is 45.4 cm³/mol. The van der Waals surface area contributed by atoms with E-state index in [2.05, 4.69) is 0 Å². The van der Waals surface area contributed by atoms with Crippen LogP contribution in [0.5, 0.6) is 0 Å². The number of carbonyl (C=O) groups excluding carboxylic acids is 4. The van der Waals surface area contributed by atoms with Crippen molar-refractivity contribution in [1.82, 2.24) is 0 Å². The molecule has 0 N–H and O–H groups in total. The average molecular weight is 194 g/mol. The molecule has 2 aliphatic carbocycles. The maximum atomic E-state index is 11.6. The Morgan fingerprint density at radius 1 is 1.29 bits per heavy atom. The van der Waals surface area contributed by atoms with Gasteiger partial charge in [-0.3, -0.25) is 9.59 Å². The monoisotopic (exact) mass is 194 g/mol. The van der Waals surface area contributed by atoms with Gasteiger partial charge in [-0.2, -0.15) is 0 Å². The van der Waals surface area contributed by atoms with Crippen molar-refractivity contribution in [2.75, 3.05) is 0 Å². The van der Waals surface area contributed by atoms with Crippen molar-refractivity contribution in [3.8, 4) is 0 Å². The number of rotatable bonds is 2. The Labute approximate surface area is 80.7 Å². The molecule has 4 heteroatoms. The minimum atomic E-state index is -1.37. The van der Waals surface area contributed by atoms with Crippen LogP contribution in [0.3, 0.4) is 0 Å². The molecule has 2 unspecified atom stereocenters. The Hall–Kier alpha value is -1.32. The highest BCUT2D eigenvalue weighted by atomic mass is 16.2. The summed E-state index contributed by atoms with van der Waals surface area (Å²) >= 11 is 0. The van der Waals surface area contributed by atoms with Gasteiger partial charge in [-0.1, -0.05) is 6.92 Å². The molecule has 14 heavy (non-hydrogen) atoms. The minimum absolute atomic E-state index is 0.458. The van der Waals surface area contributed by atoms with Crippen LogP contribution in [-0.4, -0.2) is 24.1 Å². The molecule has 4 nitrogen and oxygen atoms in total.